The first kappa shape index (κ1) is 14.8. The second-order valence-corrected chi connectivity index (χ2v) is 7.56. The second-order valence-electron chi connectivity index (χ2n) is 7.56. The molecule has 3 aliphatic rings. The third kappa shape index (κ3) is 3.05. The molecule has 0 bridgehead atoms. The summed E-state index contributed by atoms with van der Waals surface area (Å²) < 4.78 is 0. The van der Waals surface area contributed by atoms with Crippen molar-refractivity contribution in [3.63, 3.8) is 0 Å². The van der Waals surface area contributed by atoms with Crippen LogP contribution in [0, 0.1) is 5.41 Å². The molecule has 2 atom stereocenters. The first-order valence-corrected chi connectivity index (χ1v) is 8.91. The van der Waals surface area contributed by atoms with Gasteiger partial charge in [-0.05, 0) is 51.1 Å². The van der Waals surface area contributed by atoms with Gasteiger partial charge in [0.2, 0.25) is 0 Å². The zero-order valence-electron chi connectivity index (χ0n) is 13.5. The molecule has 3 rings (SSSR count). The lowest BCUT2D eigenvalue weighted by molar-refractivity contribution is 0.0266. The SMILES string of the molecule is CCNCC1(CN2CC3CCCN3CC2C)CCCC1. The number of nitrogens with zero attached hydrogens (tertiary/aromatic N) is 2. The summed E-state index contributed by atoms with van der Waals surface area (Å²) in [6, 6.07) is 1.62. The summed E-state index contributed by atoms with van der Waals surface area (Å²) in [6.45, 7) is 12.4. The molecule has 2 unspecified atom stereocenters. The van der Waals surface area contributed by atoms with Gasteiger partial charge in [0, 0.05) is 38.3 Å². The quantitative estimate of drug-likeness (QED) is 0.833. The van der Waals surface area contributed by atoms with Crippen LogP contribution in [0.25, 0.3) is 0 Å². The van der Waals surface area contributed by atoms with Crippen molar-refractivity contribution >= 4 is 0 Å². The van der Waals surface area contributed by atoms with Crippen LogP contribution in [0.15, 0.2) is 0 Å². The van der Waals surface area contributed by atoms with E-state index in [1.54, 1.807) is 0 Å². The highest BCUT2D eigenvalue weighted by atomic mass is 15.3. The van der Waals surface area contributed by atoms with Crippen molar-refractivity contribution in [2.75, 3.05) is 39.3 Å². The minimum Gasteiger partial charge on any atom is -0.316 e. The normalized spacial score (nSPS) is 34.5. The molecule has 3 heteroatoms. The van der Waals surface area contributed by atoms with Gasteiger partial charge in [0.1, 0.15) is 0 Å². The third-order valence-electron chi connectivity index (χ3n) is 6.02. The molecule has 3 nitrogen and oxygen atoms in total. The van der Waals surface area contributed by atoms with Crippen LogP contribution in [0.5, 0.6) is 0 Å². The van der Waals surface area contributed by atoms with Crippen molar-refractivity contribution in [1.29, 1.82) is 0 Å². The molecule has 1 aliphatic carbocycles. The molecule has 2 saturated heterocycles. The summed E-state index contributed by atoms with van der Waals surface area (Å²) in [5.74, 6) is 0. The molecule has 0 aromatic rings. The van der Waals surface area contributed by atoms with Crippen LogP contribution in [-0.4, -0.2) is 61.2 Å². The topological polar surface area (TPSA) is 18.5 Å². The molecule has 2 heterocycles. The second kappa shape index (κ2) is 6.33. The van der Waals surface area contributed by atoms with E-state index in [2.05, 4.69) is 29.0 Å². The lowest BCUT2D eigenvalue weighted by atomic mass is 9.84. The highest BCUT2D eigenvalue weighted by Gasteiger charge is 2.40. The van der Waals surface area contributed by atoms with Gasteiger partial charge in [-0.1, -0.05) is 19.8 Å². The monoisotopic (exact) mass is 279 g/mol. The Kier molecular flexibility index (Phi) is 4.68. The standard InChI is InChI=1S/C17H33N3/c1-3-18-13-17(8-4-5-9-17)14-20-12-16-7-6-10-19(16)11-15(20)2/h15-16,18H,3-14H2,1-2H3. The molecule has 0 spiro atoms. The minimum absolute atomic E-state index is 0.574. The Balaban J connectivity index is 1.62. The van der Waals surface area contributed by atoms with Crippen molar-refractivity contribution in [2.24, 2.45) is 5.41 Å². The van der Waals surface area contributed by atoms with E-state index in [0.29, 0.717) is 5.41 Å². The smallest absolute Gasteiger partial charge is 0.0224 e. The van der Waals surface area contributed by atoms with Gasteiger partial charge >= 0.3 is 0 Å². The third-order valence-corrected chi connectivity index (χ3v) is 6.02. The van der Waals surface area contributed by atoms with E-state index in [4.69, 9.17) is 0 Å². The van der Waals surface area contributed by atoms with Gasteiger partial charge in [0.05, 0.1) is 0 Å². The maximum Gasteiger partial charge on any atom is 0.0224 e. The van der Waals surface area contributed by atoms with Crippen molar-refractivity contribution in [3.8, 4) is 0 Å². The van der Waals surface area contributed by atoms with Crippen LogP contribution >= 0.6 is 0 Å². The number of nitrogens with one attached hydrogen (secondary N) is 1. The van der Waals surface area contributed by atoms with E-state index >= 15 is 0 Å². The van der Waals surface area contributed by atoms with Crippen molar-refractivity contribution in [3.05, 3.63) is 0 Å². The van der Waals surface area contributed by atoms with Gasteiger partial charge in [0.15, 0.2) is 0 Å². The van der Waals surface area contributed by atoms with Crippen LogP contribution in [0.4, 0.5) is 0 Å². The van der Waals surface area contributed by atoms with Gasteiger partial charge in [0.25, 0.3) is 0 Å². The zero-order valence-corrected chi connectivity index (χ0v) is 13.5. The van der Waals surface area contributed by atoms with Gasteiger partial charge in [-0.15, -0.1) is 0 Å². The summed E-state index contributed by atoms with van der Waals surface area (Å²) in [5, 5.41) is 3.64. The average Bonchev–Trinajstić information content (AvgIpc) is 3.07. The number of hydrogen-bond donors (Lipinski definition) is 1. The fourth-order valence-corrected chi connectivity index (χ4v) is 4.80. The molecule has 0 aromatic heterocycles. The summed E-state index contributed by atoms with van der Waals surface area (Å²) in [7, 11) is 0. The summed E-state index contributed by atoms with van der Waals surface area (Å²) in [6.07, 6.45) is 8.64. The lowest BCUT2D eigenvalue weighted by Crippen LogP contribution is -2.57. The molecule has 116 valence electrons. The molecule has 1 N–H and O–H groups in total. The fraction of sp³-hybridized carbons (Fsp3) is 1.00. The van der Waals surface area contributed by atoms with Gasteiger partial charge in [-0.3, -0.25) is 9.80 Å². The van der Waals surface area contributed by atoms with E-state index < -0.39 is 0 Å². The Morgan fingerprint density at radius 1 is 1.15 bits per heavy atom. The zero-order chi connectivity index (χ0) is 14.0. The number of fused-ring (bicyclic) bond motifs is 1. The van der Waals surface area contributed by atoms with Gasteiger partial charge < -0.3 is 5.32 Å². The molecule has 3 fully saturated rings. The van der Waals surface area contributed by atoms with Crippen molar-refractivity contribution in [1.82, 2.24) is 15.1 Å². The van der Waals surface area contributed by atoms with Crippen molar-refractivity contribution < 1.29 is 0 Å². The Bertz CT molecular complexity index is 311. The predicted molar refractivity (Wildman–Crippen MR) is 85.1 cm³/mol. The Morgan fingerprint density at radius 3 is 2.70 bits per heavy atom. The Hall–Kier alpha value is -0.120. The maximum atomic E-state index is 3.64. The number of piperazine rings is 1. The highest BCUT2D eigenvalue weighted by molar-refractivity contribution is 4.96. The van der Waals surface area contributed by atoms with E-state index in [-0.39, 0.29) is 0 Å². The van der Waals surface area contributed by atoms with Gasteiger partial charge in [-0.2, -0.15) is 0 Å². The molecule has 2 aliphatic heterocycles. The first-order valence-electron chi connectivity index (χ1n) is 8.91. The average molecular weight is 279 g/mol. The minimum atomic E-state index is 0.574. The maximum absolute atomic E-state index is 3.64. The summed E-state index contributed by atoms with van der Waals surface area (Å²) in [4.78, 5) is 5.57. The molecule has 0 aromatic carbocycles. The van der Waals surface area contributed by atoms with E-state index in [1.807, 2.05) is 0 Å². The van der Waals surface area contributed by atoms with Crippen LogP contribution in [0.1, 0.15) is 52.4 Å². The van der Waals surface area contributed by atoms with Crippen LogP contribution in [0.3, 0.4) is 0 Å². The van der Waals surface area contributed by atoms with E-state index in [9.17, 15) is 0 Å². The molecule has 0 radical (unpaired) electrons. The van der Waals surface area contributed by atoms with Gasteiger partial charge in [-0.25, -0.2) is 0 Å². The summed E-state index contributed by atoms with van der Waals surface area (Å²) >= 11 is 0. The van der Waals surface area contributed by atoms with Crippen LogP contribution in [0.2, 0.25) is 0 Å². The molecule has 20 heavy (non-hydrogen) atoms. The van der Waals surface area contributed by atoms with Crippen LogP contribution < -0.4 is 5.32 Å². The lowest BCUT2D eigenvalue weighted by Gasteiger charge is -2.46. The molecule has 1 saturated carbocycles. The first-order chi connectivity index (χ1) is 9.72. The predicted octanol–water partition coefficient (Wildman–Crippen LogP) is 2.32. The Morgan fingerprint density at radius 2 is 1.95 bits per heavy atom. The largest absolute Gasteiger partial charge is 0.316 e. The molecule has 0 amide bonds. The number of rotatable bonds is 5. The highest BCUT2D eigenvalue weighted by Crippen LogP contribution is 2.39. The number of hydrogen-bond acceptors (Lipinski definition) is 3. The van der Waals surface area contributed by atoms with Crippen molar-refractivity contribution in [2.45, 2.75) is 64.5 Å². The molecular weight excluding hydrogens is 246 g/mol. The Labute approximate surface area is 125 Å². The van der Waals surface area contributed by atoms with Crippen LogP contribution in [-0.2, 0) is 0 Å². The fourth-order valence-electron chi connectivity index (χ4n) is 4.80. The molecular formula is C17H33N3. The van der Waals surface area contributed by atoms with E-state index in [0.717, 1.165) is 18.6 Å². The summed E-state index contributed by atoms with van der Waals surface area (Å²) in [5.41, 5.74) is 0.574. The van der Waals surface area contributed by atoms with E-state index in [1.165, 1.54) is 71.2 Å².